The van der Waals surface area contributed by atoms with E-state index in [-0.39, 0.29) is 0 Å². The average Bonchev–Trinajstić information content (AvgIpc) is 2.27. The maximum atomic E-state index is 12.2. The smallest absolute Gasteiger partial charge is 0.255 e. The summed E-state index contributed by atoms with van der Waals surface area (Å²) in [7, 11) is 3.16. The van der Waals surface area contributed by atoms with Crippen molar-refractivity contribution >= 4 is 11.6 Å². The van der Waals surface area contributed by atoms with E-state index in [1.54, 1.807) is 25.2 Å². The molecule has 0 aliphatic heterocycles. The topological polar surface area (TPSA) is 32.3 Å². The van der Waals surface area contributed by atoms with E-state index in [2.05, 4.69) is 5.32 Å². The molecule has 1 aromatic carbocycles. The van der Waals surface area contributed by atoms with Gasteiger partial charge in [0.05, 0.1) is 6.54 Å². The Morgan fingerprint density at radius 2 is 2.12 bits per heavy atom. The minimum absolute atomic E-state index is 0.393. The van der Waals surface area contributed by atoms with Gasteiger partial charge in [-0.1, -0.05) is 0 Å². The van der Waals surface area contributed by atoms with Crippen LogP contribution in [-0.2, 0) is 0 Å². The molecule has 0 aromatic heterocycles. The lowest BCUT2D eigenvalue weighted by molar-refractivity contribution is 0.0620. The van der Waals surface area contributed by atoms with Crippen LogP contribution in [0.5, 0.6) is 0 Å². The quantitative estimate of drug-likeness (QED) is 0.879. The molecule has 0 aliphatic carbocycles. The van der Waals surface area contributed by atoms with Crippen LogP contribution in [0.2, 0.25) is 0 Å². The summed E-state index contributed by atoms with van der Waals surface area (Å²) >= 11 is 0. The molecule has 1 N–H and O–H groups in total. The Hall–Kier alpha value is -1.65. The molecule has 0 heterocycles. The maximum absolute atomic E-state index is 12.2. The molecule has 0 saturated heterocycles. The molecule has 5 heteroatoms. The zero-order valence-corrected chi connectivity index (χ0v) is 10.1. The number of nitrogens with one attached hydrogen (secondary N) is 1. The van der Waals surface area contributed by atoms with E-state index in [0.29, 0.717) is 5.56 Å². The second-order valence-electron chi connectivity index (χ2n) is 3.86. The Morgan fingerprint density at radius 1 is 1.47 bits per heavy atom. The second kappa shape index (κ2) is 5.61. The van der Waals surface area contributed by atoms with Crippen molar-refractivity contribution in [1.29, 1.82) is 0 Å². The molecule has 17 heavy (non-hydrogen) atoms. The summed E-state index contributed by atoms with van der Waals surface area (Å²) < 4.78 is 24.3. The van der Waals surface area contributed by atoms with Gasteiger partial charge in [-0.3, -0.25) is 4.79 Å². The van der Waals surface area contributed by atoms with Gasteiger partial charge in [0.15, 0.2) is 0 Å². The van der Waals surface area contributed by atoms with E-state index < -0.39 is 18.9 Å². The second-order valence-corrected chi connectivity index (χ2v) is 3.86. The number of nitrogens with zero attached hydrogens (tertiary/aromatic N) is 1. The van der Waals surface area contributed by atoms with Gasteiger partial charge in [0.1, 0.15) is 0 Å². The third-order valence-electron chi connectivity index (χ3n) is 2.50. The zero-order chi connectivity index (χ0) is 13.0. The van der Waals surface area contributed by atoms with Gasteiger partial charge >= 0.3 is 0 Å². The molecule has 3 nitrogen and oxygen atoms in total. The zero-order valence-electron chi connectivity index (χ0n) is 10.1. The van der Waals surface area contributed by atoms with Crippen LogP contribution in [-0.4, -0.2) is 37.9 Å². The number of aryl methyl sites for hydroxylation is 1. The van der Waals surface area contributed by atoms with E-state index in [0.717, 1.165) is 16.2 Å². The van der Waals surface area contributed by atoms with Crippen molar-refractivity contribution in [3.05, 3.63) is 29.3 Å². The lowest BCUT2D eigenvalue weighted by Crippen LogP contribution is -2.31. The van der Waals surface area contributed by atoms with Gasteiger partial charge in [0, 0.05) is 25.3 Å². The minimum atomic E-state index is -2.51. The Bertz CT molecular complexity index is 407. The highest BCUT2D eigenvalue weighted by atomic mass is 19.3. The summed E-state index contributed by atoms with van der Waals surface area (Å²) in [4.78, 5) is 12.8. The van der Waals surface area contributed by atoms with Crippen LogP contribution >= 0.6 is 0 Å². The Morgan fingerprint density at radius 3 is 2.59 bits per heavy atom. The standard InChI is InChI=1S/C12H16F2N2O/c1-8-6-9(4-5-10(8)15-2)12(17)16(3)7-11(13)14/h4-6,11,15H,7H2,1-3H3. The molecular weight excluding hydrogens is 226 g/mol. The maximum Gasteiger partial charge on any atom is 0.255 e. The highest BCUT2D eigenvalue weighted by molar-refractivity contribution is 5.94. The first-order valence-corrected chi connectivity index (χ1v) is 5.27. The van der Waals surface area contributed by atoms with Gasteiger partial charge in [-0.15, -0.1) is 0 Å². The largest absolute Gasteiger partial charge is 0.388 e. The molecule has 0 bridgehead atoms. The van der Waals surface area contributed by atoms with Crippen molar-refractivity contribution in [3.8, 4) is 0 Å². The van der Waals surface area contributed by atoms with Gasteiger partial charge < -0.3 is 10.2 Å². The molecule has 0 saturated carbocycles. The van der Waals surface area contributed by atoms with Crippen LogP contribution < -0.4 is 5.32 Å². The first-order valence-electron chi connectivity index (χ1n) is 5.27. The Balaban J connectivity index is 2.86. The van der Waals surface area contributed by atoms with Crippen molar-refractivity contribution < 1.29 is 13.6 Å². The van der Waals surface area contributed by atoms with Crippen molar-refractivity contribution in [2.45, 2.75) is 13.3 Å². The molecule has 1 rings (SSSR count). The van der Waals surface area contributed by atoms with Crippen LogP contribution in [0.4, 0.5) is 14.5 Å². The minimum Gasteiger partial charge on any atom is -0.388 e. The van der Waals surface area contributed by atoms with Crippen LogP contribution in [0, 0.1) is 6.92 Å². The molecule has 0 unspecified atom stereocenters. The van der Waals surface area contributed by atoms with Gasteiger partial charge in [0.2, 0.25) is 0 Å². The summed E-state index contributed by atoms with van der Waals surface area (Å²) in [5.41, 5.74) is 2.24. The summed E-state index contributed by atoms with van der Waals surface area (Å²) in [6, 6.07) is 5.08. The van der Waals surface area contributed by atoms with Gasteiger partial charge in [-0.25, -0.2) is 8.78 Å². The third-order valence-corrected chi connectivity index (χ3v) is 2.50. The van der Waals surface area contributed by atoms with E-state index in [1.165, 1.54) is 7.05 Å². The van der Waals surface area contributed by atoms with Crippen molar-refractivity contribution in [3.63, 3.8) is 0 Å². The number of halogens is 2. The first kappa shape index (κ1) is 13.4. The number of hydrogen-bond acceptors (Lipinski definition) is 2. The van der Waals surface area contributed by atoms with E-state index in [4.69, 9.17) is 0 Å². The summed E-state index contributed by atoms with van der Waals surface area (Å²) in [5.74, 6) is -0.393. The van der Waals surface area contributed by atoms with Crippen LogP contribution in [0.15, 0.2) is 18.2 Å². The first-order chi connectivity index (χ1) is 7.95. The van der Waals surface area contributed by atoms with Crippen LogP contribution in [0.25, 0.3) is 0 Å². The predicted molar refractivity (Wildman–Crippen MR) is 63.7 cm³/mol. The Labute approximate surface area is 99.4 Å². The van der Waals surface area contributed by atoms with Gasteiger partial charge in [-0.05, 0) is 30.7 Å². The molecule has 1 aromatic rings. The number of hydrogen-bond donors (Lipinski definition) is 1. The molecule has 94 valence electrons. The lowest BCUT2D eigenvalue weighted by atomic mass is 10.1. The van der Waals surface area contributed by atoms with Crippen molar-refractivity contribution in [2.75, 3.05) is 26.0 Å². The third kappa shape index (κ3) is 3.41. The number of carbonyl (C=O) groups excluding carboxylic acids is 1. The molecule has 0 atom stereocenters. The SMILES string of the molecule is CNc1ccc(C(=O)N(C)CC(F)F)cc1C. The average molecular weight is 242 g/mol. The number of amides is 1. The number of anilines is 1. The van der Waals surface area contributed by atoms with E-state index in [9.17, 15) is 13.6 Å². The van der Waals surface area contributed by atoms with Crippen molar-refractivity contribution in [2.24, 2.45) is 0 Å². The fourth-order valence-corrected chi connectivity index (χ4v) is 1.59. The van der Waals surface area contributed by atoms with Gasteiger partial charge in [-0.2, -0.15) is 0 Å². The van der Waals surface area contributed by atoms with E-state index >= 15 is 0 Å². The molecule has 0 fully saturated rings. The number of alkyl halides is 2. The fraction of sp³-hybridized carbons (Fsp3) is 0.417. The molecular formula is C12H16F2N2O. The normalized spacial score (nSPS) is 10.5. The molecule has 0 aliphatic rings. The highest BCUT2D eigenvalue weighted by Crippen LogP contribution is 2.17. The van der Waals surface area contributed by atoms with Crippen LogP contribution in [0.1, 0.15) is 15.9 Å². The predicted octanol–water partition coefficient (Wildman–Crippen LogP) is 2.37. The molecule has 0 spiro atoms. The summed E-state index contributed by atoms with van der Waals surface area (Å²) in [6.45, 7) is 1.31. The molecule has 0 radical (unpaired) electrons. The molecule has 1 amide bonds. The fourth-order valence-electron chi connectivity index (χ4n) is 1.59. The van der Waals surface area contributed by atoms with Crippen molar-refractivity contribution in [1.82, 2.24) is 4.90 Å². The monoisotopic (exact) mass is 242 g/mol. The van der Waals surface area contributed by atoms with Gasteiger partial charge in [0.25, 0.3) is 12.3 Å². The number of carbonyl (C=O) groups is 1. The summed E-state index contributed by atoms with van der Waals surface area (Å²) in [6.07, 6.45) is -2.51. The summed E-state index contributed by atoms with van der Waals surface area (Å²) in [5, 5.41) is 2.98. The number of rotatable bonds is 4. The highest BCUT2D eigenvalue weighted by Gasteiger charge is 2.16. The lowest BCUT2D eigenvalue weighted by Gasteiger charge is -2.17. The Kier molecular flexibility index (Phi) is 4.43. The van der Waals surface area contributed by atoms with E-state index in [1.807, 2.05) is 6.92 Å². The van der Waals surface area contributed by atoms with Crippen LogP contribution in [0.3, 0.4) is 0 Å². The number of benzene rings is 1.